The zero-order valence-electron chi connectivity index (χ0n) is 36.0. The predicted octanol–water partition coefficient (Wildman–Crippen LogP) is 19.1. The van der Waals surface area contributed by atoms with Gasteiger partial charge in [0.25, 0.3) is 0 Å². The Balaban J connectivity index is 0.917. The van der Waals surface area contributed by atoms with Gasteiger partial charge in [-0.3, -0.25) is 0 Å². The molecule has 0 saturated carbocycles. The van der Waals surface area contributed by atoms with E-state index >= 15 is 0 Å². The Labute approximate surface area is 400 Å². The Bertz CT molecular complexity index is 4470. The van der Waals surface area contributed by atoms with Gasteiger partial charge >= 0.3 is 366 Å². The summed E-state index contributed by atoms with van der Waals surface area (Å²) < 4.78 is 8.27. The summed E-state index contributed by atoms with van der Waals surface area (Å²) in [6.07, 6.45) is 0. The maximum absolute atomic E-state index is 2.52. The van der Waals surface area contributed by atoms with E-state index in [2.05, 4.69) is 218 Å². The van der Waals surface area contributed by atoms with Gasteiger partial charge in [0.05, 0.1) is 0 Å². The molecule has 0 bridgehead atoms. The van der Waals surface area contributed by atoms with Crippen molar-refractivity contribution >= 4 is 140 Å². The number of thiophene rings is 2. The normalized spacial score (nSPS) is 12.2. The van der Waals surface area contributed by atoms with Crippen molar-refractivity contribution in [2.75, 3.05) is 0 Å². The first kappa shape index (κ1) is 37.8. The second kappa shape index (κ2) is 14.6. The van der Waals surface area contributed by atoms with Gasteiger partial charge < -0.3 is 0 Å². The van der Waals surface area contributed by atoms with Crippen LogP contribution in [0, 0.1) is 0 Å². The molecule has 0 aliphatic carbocycles. The summed E-state index contributed by atoms with van der Waals surface area (Å²) in [4.78, 5) is 0. The third-order valence-corrected chi connectivity index (χ3v) is 19.1. The number of hydrogen-bond acceptors (Lipinski definition) is 2. The van der Waals surface area contributed by atoms with E-state index in [0.717, 1.165) is 0 Å². The van der Waals surface area contributed by atoms with Gasteiger partial charge in [-0.2, -0.15) is 0 Å². The number of rotatable bonds is 4. The summed E-state index contributed by atoms with van der Waals surface area (Å²) in [6, 6.07) is 82.5. The van der Waals surface area contributed by atoms with Crippen LogP contribution in [0.25, 0.3) is 147 Å². The Morgan fingerprint density at radius 2 is 0.612 bits per heavy atom. The van der Waals surface area contributed by atoms with Crippen molar-refractivity contribution in [1.82, 2.24) is 0 Å². The minimum atomic E-state index is 0.179. The molecule has 3 aromatic heterocycles. The fourth-order valence-electron chi connectivity index (χ4n) is 11.4. The second-order valence-corrected chi connectivity index (χ2v) is 22.1. The molecular weight excluding hydrogens is 912 g/mol. The van der Waals surface area contributed by atoms with Crippen LogP contribution in [0.2, 0.25) is 0 Å². The van der Waals surface area contributed by atoms with E-state index in [1.165, 1.54) is 147 Å². The van der Waals surface area contributed by atoms with Gasteiger partial charge in [-0.05, 0) is 6.07 Å². The molecule has 0 nitrogen and oxygen atoms in total. The van der Waals surface area contributed by atoms with Crippen molar-refractivity contribution < 1.29 is 0 Å². The fourth-order valence-corrected chi connectivity index (χ4v) is 16.2. The van der Waals surface area contributed by atoms with Crippen LogP contribution >= 0.6 is 22.7 Å². The van der Waals surface area contributed by atoms with Crippen LogP contribution < -0.4 is 0 Å². The van der Waals surface area contributed by atoms with Gasteiger partial charge in [0, 0.05) is 0 Å². The van der Waals surface area contributed by atoms with Crippen molar-refractivity contribution in [2.45, 2.75) is 0 Å². The molecule has 67 heavy (non-hydrogen) atoms. The molecule has 0 radical (unpaired) electrons. The van der Waals surface area contributed by atoms with Gasteiger partial charge in [-0.15, -0.1) is 0 Å². The monoisotopic (exact) mass is 948 g/mol. The predicted molar refractivity (Wildman–Crippen MR) is 296 cm³/mol. The van der Waals surface area contributed by atoms with Crippen LogP contribution in [0.15, 0.2) is 218 Å². The van der Waals surface area contributed by atoms with Crippen molar-refractivity contribution in [3.63, 3.8) is 0 Å². The van der Waals surface area contributed by atoms with Crippen molar-refractivity contribution in [1.29, 1.82) is 0 Å². The molecule has 3 heteroatoms. The average molecular weight is 948 g/mol. The zero-order chi connectivity index (χ0) is 43.7. The van der Waals surface area contributed by atoms with E-state index in [4.69, 9.17) is 0 Å². The molecule has 12 aromatic carbocycles. The summed E-state index contributed by atoms with van der Waals surface area (Å²) in [6.45, 7) is 0. The molecule has 0 spiro atoms. The standard InChI is InChI=1S/C64H36S2Se/c1-5-21-46-42(17-1)59(43-18-2-6-22-47(43)61(46)52-27-13-25-50-39-15-9-11-29-55(39)65-63(50)52)37-32-34-57-54(35-37)41-33-31-38(36-58(41)67-57)60-44-19-3-7-23-48(44)62(49-24-8-4-20-45(49)60)53-28-14-26-51-40-16-10-12-30-56(40)66-64(51)53/h1-36H. The summed E-state index contributed by atoms with van der Waals surface area (Å²) in [7, 11) is 0. The Morgan fingerprint density at radius 1 is 0.239 bits per heavy atom. The quantitative estimate of drug-likeness (QED) is 0.122. The van der Waals surface area contributed by atoms with Crippen LogP contribution in [0.4, 0.5) is 0 Å². The van der Waals surface area contributed by atoms with Gasteiger partial charge in [0.15, 0.2) is 0 Å². The van der Waals surface area contributed by atoms with Gasteiger partial charge in [0.2, 0.25) is 0 Å². The number of fused-ring (bicyclic) bond motifs is 13. The van der Waals surface area contributed by atoms with E-state index < -0.39 is 0 Å². The van der Waals surface area contributed by atoms with E-state index in [1.54, 1.807) is 0 Å². The van der Waals surface area contributed by atoms with Crippen molar-refractivity contribution in [3.8, 4) is 44.5 Å². The fraction of sp³-hybridized carbons (Fsp3) is 0. The molecule has 0 atom stereocenters. The summed E-state index contributed by atoms with van der Waals surface area (Å²) in [5.41, 5.74) is 10.4. The Hall–Kier alpha value is -7.36. The summed E-state index contributed by atoms with van der Waals surface area (Å²) in [5, 5.41) is 18.4. The first-order valence-electron chi connectivity index (χ1n) is 22.9. The molecule has 3 heterocycles. The maximum atomic E-state index is 2.52. The van der Waals surface area contributed by atoms with Crippen LogP contribution in [0.3, 0.4) is 0 Å². The van der Waals surface area contributed by atoms with Gasteiger partial charge in [-0.1, -0.05) is 30.3 Å². The van der Waals surface area contributed by atoms with E-state index in [1.807, 2.05) is 22.7 Å². The first-order chi connectivity index (χ1) is 33.2. The SMILES string of the molecule is c1ccc2c(c1)sc1c(-c3c4ccccc4c(-c4ccc5c(c4)[se]c4ccc(-c6c7ccccc7c(-c7cccc8c7sc7ccccc78)c7ccccc67)cc45)c4ccccc34)cccc12. The molecule has 0 aliphatic heterocycles. The van der Waals surface area contributed by atoms with E-state index in [9.17, 15) is 0 Å². The summed E-state index contributed by atoms with van der Waals surface area (Å²) in [5.74, 6) is 0. The topological polar surface area (TPSA) is 0 Å². The zero-order valence-corrected chi connectivity index (χ0v) is 39.4. The molecule has 0 fully saturated rings. The number of benzene rings is 12. The second-order valence-electron chi connectivity index (χ2n) is 17.8. The molecule has 0 N–H and O–H groups in total. The van der Waals surface area contributed by atoms with Crippen molar-refractivity contribution in [2.24, 2.45) is 0 Å². The van der Waals surface area contributed by atoms with Crippen molar-refractivity contribution in [3.05, 3.63) is 218 Å². The molecular formula is C64H36S2Se. The van der Waals surface area contributed by atoms with Gasteiger partial charge in [-0.25, -0.2) is 0 Å². The molecule has 0 unspecified atom stereocenters. The van der Waals surface area contributed by atoms with Crippen LogP contribution in [-0.2, 0) is 0 Å². The van der Waals surface area contributed by atoms with Crippen LogP contribution in [0.5, 0.6) is 0 Å². The molecule has 0 saturated heterocycles. The molecule has 310 valence electrons. The Morgan fingerprint density at radius 3 is 1.07 bits per heavy atom. The van der Waals surface area contributed by atoms with E-state index in [-0.39, 0.29) is 14.5 Å². The minimum absolute atomic E-state index is 0.179. The first-order valence-corrected chi connectivity index (χ1v) is 26.2. The molecule has 15 aromatic rings. The summed E-state index contributed by atoms with van der Waals surface area (Å²) >= 11 is 4.00. The van der Waals surface area contributed by atoms with Crippen LogP contribution in [-0.4, -0.2) is 14.5 Å². The van der Waals surface area contributed by atoms with E-state index in [0.29, 0.717) is 0 Å². The third kappa shape index (κ3) is 5.52. The molecule has 0 aliphatic rings. The Kier molecular flexibility index (Phi) is 8.22. The number of hydrogen-bond donors (Lipinski definition) is 0. The molecule has 0 amide bonds. The van der Waals surface area contributed by atoms with Gasteiger partial charge in [0.1, 0.15) is 0 Å². The average Bonchev–Trinajstić information content (AvgIpc) is 4.08. The van der Waals surface area contributed by atoms with Crippen LogP contribution in [0.1, 0.15) is 0 Å². The third-order valence-electron chi connectivity index (χ3n) is 14.3. The molecule has 15 rings (SSSR count).